The smallest absolute Gasteiger partial charge is 0.258 e. The van der Waals surface area contributed by atoms with E-state index >= 15 is 0 Å². The third-order valence-electron chi connectivity index (χ3n) is 4.58. The van der Waals surface area contributed by atoms with Crippen molar-refractivity contribution in [3.05, 3.63) is 89.8 Å². The molecule has 0 radical (unpaired) electrons. The van der Waals surface area contributed by atoms with Crippen molar-refractivity contribution < 1.29 is 13.9 Å². The summed E-state index contributed by atoms with van der Waals surface area (Å²) < 4.78 is 21.3. The fourth-order valence-corrected chi connectivity index (χ4v) is 2.80. The molecule has 4 rings (SSSR count). The van der Waals surface area contributed by atoms with Gasteiger partial charge in [-0.25, -0.2) is 9.37 Å². The van der Waals surface area contributed by atoms with Crippen LogP contribution in [0.2, 0.25) is 0 Å². The molecule has 2 aromatic heterocycles. The van der Waals surface area contributed by atoms with Crippen LogP contribution in [0.1, 0.15) is 21.7 Å². The van der Waals surface area contributed by atoms with E-state index in [4.69, 9.17) is 4.74 Å². The van der Waals surface area contributed by atoms with Crippen molar-refractivity contribution in [1.82, 2.24) is 19.7 Å². The van der Waals surface area contributed by atoms with Gasteiger partial charge in [-0.1, -0.05) is 12.1 Å². The molecule has 2 aromatic carbocycles. The molecule has 0 aliphatic heterocycles. The number of rotatable bonds is 5. The van der Waals surface area contributed by atoms with E-state index in [1.807, 2.05) is 18.4 Å². The normalized spacial score (nSPS) is 10.6. The standard InChI is InChI=1S/C22H18FN5O2/c1-14-15(2)28(13-24-14)20-11-12-21(27-26-20)30-17-9-7-16(8-10-17)25-22(29)18-5-3-4-6-19(18)23/h3-13H,1-2H3,(H,25,29). The van der Waals surface area contributed by atoms with E-state index in [-0.39, 0.29) is 5.56 Å². The summed E-state index contributed by atoms with van der Waals surface area (Å²) in [6.45, 7) is 3.89. The first-order valence-corrected chi connectivity index (χ1v) is 9.20. The van der Waals surface area contributed by atoms with Gasteiger partial charge in [0.25, 0.3) is 5.91 Å². The average molecular weight is 403 g/mol. The highest BCUT2D eigenvalue weighted by molar-refractivity contribution is 6.04. The molecule has 0 bridgehead atoms. The molecule has 0 unspecified atom stereocenters. The molecule has 0 spiro atoms. The summed E-state index contributed by atoms with van der Waals surface area (Å²) in [6.07, 6.45) is 1.70. The van der Waals surface area contributed by atoms with Crippen molar-refractivity contribution >= 4 is 11.6 Å². The van der Waals surface area contributed by atoms with Crippen LogP contribution in [0.5, 0.6) is 11.6 Å². The van der Waals surface area contributed by atoms with E-state index in [1.165, 1.54) is 18.2 Å². The zero-order chi connectivity index (χ0) is 21.1. The molecular weight excluding hydrogens is 385 g/mol. The largest absolute Gasteiger partial charge is 0.438 e. The summed E-state index contributed by atoms with van der Waals surface area (Å²) in [6, 6.07) is 16.0. The highest BCUT2D eigenvalue weighted by Crippen LogP contribution is 2.22. The summed E-state index contributed by atoms with van der Waals surface area (Å²) >= 11 is 0. The van der Waals surface area contributed by atoms with E-state index < -0.39 is 11.7 Å². The van der Waals surface area contributed by atoms with Gasteiger partial charge < -0.3 is 10.1 Å². The fraction of sp³-hybridized carbons (Fsp3) is 0.0909. The average Bonchev–Trinajstić information content (AvgIpc) is 3.09. The minimum Gasteiger partial charge on any atom is -0.438 e. The van der Waals surface area contributed by atoms with Gasteiger partial charge in [0.05, 0.1) is 11.3 Å². The molecule has 0 saturated heterocycles. The quantitative estimate of drug-likeness (QED) is 0.532. The first-order chi connectivity index (χ1) is 14.5. The molecule has 2 heterocycles. The number of anilines is 1. The van der Waals surface area contributed by atoms with E-state index in [1.54, 1.807) is 48.8 Å². The number of carbonyl (C=O) groups is 1. The maximum atomic E-state index is 13.7. The summed E-state index contributed by atoms with van der Waals surface area (Å²) in [5, 5.41) is 10.9. The van der Waals surface area contributed by atoms with Gasteiger partial charge in [0, 0.05) is 17.4 Å². The highest BCUT2D eigenvalue weighted by Gasteiger charge is 2.11. The number of hydrogen-bond acceptors (Lipinski definition) is 5. The summed E-state index contributed by atoms with van der Waals surface area (Å²) in [5.74, 6) is 0.407. The number of aryl methyl sites for hydroxylation is 1. The number of nitrogens with zero attached hydrogens (tertiary/aromatic N) is 4. The molecule has 0 aliphatic carbocycles. The van der Waals surface area contributed by atoms with E-state index in [9.17, 15) is 9.18 Å². The lowest BCUT2D eigenvalue weighted by Gasteiger charge is -2.08. The van der Waals surface area contributed by atoms with Crippen molar-refractivity contribution in [1.29, 1.82) is 0 Å². The molecule has 150 valence electrons. The van der Waals surface area contributed by atoms with E-state index in [2.05, 4.69) is 20.5 Å². The molecule has 30 heavy (non-hydrogen) atoms. The van der Waals surface area contributed by atoms with Gasteiger partial charge in [0.15, 0.2) is 5.82 Å². The van der Waals surface area contributed by atoms with Crippen LogP contribution in [0.15, 0.2) is 67.0 Å². The number of aromatic nitrogens is 4. The van der Waals surface area contributed by atoms with E-state index in [0.29, 0.717) is 23.1 Å². The Labute approximate surface area is 172 Å². The Bertz CT molecular complexity index is 1190. The number of ether oxygens (including phenoxy) is 1. The van der Waals surface area contributed by atoms with Gasteiger partial charge in [-0.05, 0) is 56.3 Å². The molecule has 0 aliphatic rings. The molecule has 8 heteroatoms. The maximum Gasteiger partial charge on any atom is 0.258 e. The molecular formula is C22H18FN5O2. The van der Waals surface area contributed by atoms with Crippen LogP contribution in [0, 0.1) is 19.7 Å². The van der Waals surface area contributed by atoms with Crippen molar-refractivity contribution in [2.24, 2.45) is 0 Å². The van der Waals surface area contributed by atoms with Gasteiger partial charge in [-0.15, -0.1) is 10.2 Å². The second-order valence-corrected chi connectivity index (χ2v) is 6.58. The molecule has 0 fully saturated rings. The third kappa shape index (κ3) is 4.02. The Balaban J connectivity index is 1.42. The summed E-state index contributed by atoms with van der Waals surface area (Å²) in [5.41, 5.74) is 2.42. The van der Waals surface area contributed by atoms with Crippen molar-refractivity contribution in [2.45, 2.75) is 13.8 Å². The van der Waals surface area contributed by atoms with Crippen LogP contribution in [-0.2, 0) is 0 Å². The van der Waals surface area contributed by atoms with Crippen LogP contribution in [0.4, 0.5) is 10.1 Å². The number of carbonyl (C=O) groups excluding carboxylic acids is 1. The Morgan fingerprint density at radius 3 is 2.40 bits per heavy atom. The maximum absolute atomic E-state index is 13.7. The van der Waals surface area contributed by atoms with Gasteiger partial charge in [-0.3, -0.25) is 9.36 Å². The van der Waals surface area contributed by atoms with Crippen molar-refractivity contribution in [2.75, 3.05) is 5.32 Å². The number of halogens is 1. The van der Waals surface area contributed by atoms with Crippen molar-refractivity contribution in [3.63, 3.8) is 0 Å². The Morgan fingerprint density at radius 2 is 1.77 bits per heavy atom. The Morgan fingerprint density at radius 1 is 1.00 bits per heavy atom. The molecule has 1 N–H and O–H groups in total. The van der Waals surface area contributed by atoms with Crippen LogP contribution < -0.4 is 10.1 Å². The zero-order valence-electron chi connectivity index (χ0n) is 16.3. The predicted molar refractivity (Wildman–Crippen MR) is 109 cm³/mol. The molecule has 4 aromatic rings. The summed E-state index contributed by atoms with van der Waals surface area (Å²) in [7, 11) is 0. The molecule has 7 nitrogen and oxygen atoms in total. The zero-order valence-corrected chi connectivity index (χ0v) is 16.3. The lowest BCUT2D eigenvalue weighted by molar-refractivity contribution is 0.102. The summed E-state index contributed by atoms with van der Waals surface area (Å²) in [4.78, 5) is 16.4. The number of hydrogen-bond donors (Lipinski definition) is 1. The van der Waals surface area contributed by atoms with Crippen molar-refractivity contribution in [3.8, 4) is 17.4 Å². The number of imidazole rings is 1. The highest BCUT2D eigenvalue weighted by atomic mass is 19.1. The first-order valence-electron chi connectivity index (χ1n) is 9.20. The van der Waals surface area contributed by atoms with Gasteiger partial charge in [-0.2, -0.15) is 0 Å². The monoisotopic (exact) mass is 403 g/mol. The van der Waals surface area contributed by atoms with Gasteiger partial charge in [0.1, 0.15) is 17.9 Å². The number of amides is 1. The first kappa shape index (κ1) is 19.3. The van der Waals surface area contributed by atoms with Crippen LogP contribution >= 0.6 is 0 Å². The number of nitrogens with one attached hydrogen (secondary N) is 1. The predicted octanol–water partition coefficient (Wildman–Crippen LogP) is 4.46. The van der Waals surface area contributed by atoms with E-state index in [0.717, 1.165) is 11.4 Å². The molecule has 1 amide bonds. The van der Waals surface area contributed by atoms with Crippen LogP contribution in [-0.4, -0.2) is 25.7 Å². The SMILES string of the molecule is Cc1ncn(-c2ccc(Oc3ccc(NC(=O)c4ccccc4F)cc3)nn2)c1C. The minimum absolute atomic E-state index is 0.0171. The van der Waals surface area contributed by atoms with Crippen LogP contribution in [0.3, 0.4) is 0 Å². The Kier molecular flexibility index (Phi) is 5.21. The van der Waals surface area contributed by atoms with Gasteiger partial charge >= 0.3 is 0 Å². The minimum atomic E-state index is -0.571. The lowest BCUT2D eigenvalue weighted by Crippen LogP contribution is -2.13. The Hall–Kier alpha value is -4.07. The van der Waals surface area contributed by atoms with Gasteiger partial charge in [0.2, 0.25) is 5.88 Å². The number of benzene rings is 2. The second-order valence-electron chi connectivity index (χ2n) is 6.58. The molecule has 0 saturated carbocycles. The fourth-order valence-electron chi connectivity index (χ4n) is 2.80. The lowest BCUT2D eigenvalue weighted by atomic mass is 10.2. The van der Waals surface area contributed by atoms with Crippen LogP contribution in [0.25, 0.3) is 5.82 Å². The second kappa shape index (κ2) is 8.12. The topological polar surface area (TPSA) is 81.9 Å². The molecule has 0 atom stereocenters. The third-order valence-corrected chi connectivity index (χ3v) is 4.58.